The first-order chi connectivity index (χ1) is 14.1. The molecule has 2 aliphatic carbocycles. The van der Waals surface area contributed by atoms with E-state index in [0.29, 0.717) is 17.7 Å². The molecule has 0 atom stereocenters. The highest BCUT2D eigenvalue weighted by Gasteiger charge is 2.35. The lowest BCUT2D eigenvalue weighted by molar-refractivity contribution is -0.132. The highest BCUT2D eigenvalue weighted by Crippen LogP contribution is 2.40. The summed E-state index contributed by atoms with van der Waals surface area (Å²) < 4.78 is 0. The number of rotatable bonds is 5. The van der Waals surface area contributed by atoms with Crippen molar-refractivity contribution in [1.29, 1.82) is 0 Å². The van der Waals surface area contributed by atoms with Crippen molar-refractivity contribution in [2.75, 3.05) is 31.1 Å². The first-order valence-electron chi connectivity index (χ1n) is 11.0. The van der Waals surface area contributed by atoms with E-state index in [1.165, 1.54) is 29.5 Å². The zero-order chi connectivity index (χ0) is 20.0. The second-order valence-corrected chi connectivity index (χ2v) is 9.00. The number of piperazine rings is 1. The largest absolute Gasteiger partial charge is 0.353 e. The molecule has 0 spiro atoms. The lowest BCUT2D eigenvalue weighted by atomic mass is 10.0. The Hall–Kier alpha value is -2.43. The molecule has 152 valence electrons. The van der Waals surface area contributed by atoms with Crippen molar-refractivity contribution in [2.24, 2.45) is 5.92 Å². The van der Waals surface area contributed by atoms with Gasteiger partial charge in [0.1, 0.15) is 11.6 Å². The molecule has 29 heavy (non-hydrogen) atoms. The lowest BCUT2D eigenvalue weighted by Crippen LogP contribution is -2.49. The Morgan fingerprint density at radius 1 is 1.03 bits per heavy atom. The molecule has 1 aliphatic heterocycles. The van der Waals surface area contributed by atoms with Crippen LogP contribution in [0.5, 0.6) is 0 Å². The van der Waals surface area contributed by atoms with E-state index in [1.54, 1.807) is 0 Å². The summed E-state index contributed by atoms with van der Waals surface area (Å²) in [6.45, 7) is 7.61. The van der Waals surface area contributed by atoms with Crippen LogP contribution in [-0.2, 0) is 11.2 Å². The van der Waals surface area contributed by atoms with Crippen LogP contribution in [0.1, 0.15) is 59.8 Å². The predicted octanol–water partition coefficient (Wildman–Crippen LogP) is 3.62. The molecular formula is C24H30N4O. The molecule has 5 rings (SSSR count). The fraction of sp³-hybridized carbons (Fsp3) is 0.542. The van der Waals surface area contributed by atoms with Crippen LogP contribution in [0, 0.1) is 19.8 Å². The van der Waals surface area contributed by atoms with E-state index in [4.69, 9.17) is 9.97 Å². The maximum atomic E-state index is 12.4. The molecule has 1 aromatic heterocycles. The van der Waals surface area contributed by atoms with Crippen molar-refractivity contribution in [3.8, 4) is 0 Å². The molecule has 5 nitrogen and oxygen atoms in total. The van der Waals surface area contributed by atoms with Gasteiger partial charge in [0.15, 0.2) is 0 Å². The molecular weight excluding hydrogens is 360 g/mol. The minimum atomic E-state index is 0.307. The van der Waals surface area contributed by atoms with Gasteiger partial charge in [0.25, 0.3) is 0 Å². The Kier molecular flexibility index (Phi) is 4.76. The quantitative estimate of drug-likeness (QED) is 0.782. The van der Waals surface area contributed by atoms with E-state index in [-0.39, 0.29) is 0 Å². The van der Waals surface area contributed by atoms with Crippen molar-refractivity contribution < 1.29 is 4.79 Å². The normalized spacial score (nSPS) is 19.5. The topological polar surface area (TPSA) is 49.3 Å². The van der Waals surface area contributed by atoms with Gasteiger partial charge in [-0.3, -0.25) is 4.79 Å². The average Bonchev–Trinajstić information content (AvgIpc) is 3.62. The van der Waals surface area contributed by atoms with Gasteiger partial charge in [-0.05, 0) is 45.1 Å². The maximum absolute atomic E-state index is 12.4. The SMILES string of the molecule is Cc1cccc(Cc2c(C)nc(C3CC3)nc2N2CCN(C(=O)C3CC3)CC2)c1. The summed E-state index contributed by atoms with van der Waals surface area (Å²) in [5.74, 6) is 3.32. The van der Waals surface area contributed by atoms with Gasteiger partial charge in [-0.1, -0.05) is 29.8 Å². The van der Waals surface area contributed by atoms with Gasteiger partial charge >= 0.3 is 0 Å². The fourth-order valence-electron chi connectivity index (χ4n) is 4.35. The van der Waals surface area contributed by atoms with Gasteiger partial charge in [-0.25, -0.2) is 9.97 Å². The molecule has 1 saturated heterocycles. The minimum Gasteiger partial charge on any atom is -0.353 e. The Bertz CT molecular complexity index is 924. The molecule has 3 fully saturated rings. The Balaban J connectivity index is 1.41. The molecule has 2 aromatic rings. The second-order valence-electron chi connectivity index (χ2n) is 9.00. The van der Waals surface area contributed by atoms with Crippen LogP contribution >= 0.6 is 0 Å². The number of carbonyl (C=O) groups is 1. The smallest absolute Gasteiger partial charge is 0.225 e. The van der Waals surface area contributed by atoms with Crippen molar-refractivity contribution in [1.82, 2.24) is 14.9 Å². The first-order valence-corrected chi connectivity index (χ1v) is 11.0. The molecule has 3 aliphatic rings. The number of aromatic nitrogens is 2. The Morgan fingerprint density at radius 2 is 1.79 bits per heavy atom. The Labute approximate surface area is 173 Å². The van der Waals surface area contributed by atoms with E-state index in [0.717, 1.165) is 62.8 Å². The van der Waals surface area contributed by atoms with Crippen LogP contribution in [0.25, 0.3) is 0 Å². The van der Waals surface area contributed by atoms with Crippen molar-refractivity contribution >= 4 is 11.7 Å². The molecule has 0 N–H and O–H groups in total. The highest BCUT2D eigenvalue weighted by molar-refractivity contribution is 5.81. The molecule has 1 amide bonds. The van der Waals surface area contributed by atoms with Crippen LogP contribution in [0.15, 0.2) is 24.3 Å². The second kappa shape index (κ2) is 7.43. The highest BCUT2D eigenvalue weighted by atomic mass is 16.2. The summed E-state index contributed by atoms with van der Waals surface area (Å²) in [7, 11) is 0. The van der Waals surface area contributed by atoms with Gasteiger partial charge in [0.2, 0.25) is 5.91 Å². The van der Waals surface area contributed by atoms with Gasteiger partial charge < -0.3 is 9.80 Å². The van der Waals surface area contributed by atoms with Crippen LogP contribution in [-0.4, -0.2) is 47.0 Å². The van der Waals surface area contributed by atoms with Crippen LogP contribution in [0.2, 0.25) is 0 Å². The van der Waals surface area contributed by atoms with E-state index < -0.39 is 0 Å². The number of anilines is 1. The van der Waals surface area contributed by atoms with E-state index in [1.807, 2.05) is 0 Å². The summed E-state index contributed by atoms with van der Waals surface area (Å²) in [6, 6.07) is 8.71. The minimum absolute atomic E-state index is 0.307. The number of aryl methyl sites for hydroxylation is 2. The zero-order valence-electron chi connectivity index (χ0n) is 17.5. The van der Waals surface area contributed by atoms with Crippen LogP contribution in [0.4, 0.5) is 5.82 Å². The third kappa shape index (κ3) is 4.00. The molecule has 0 bridgehead atoms. The van der Waals surface area contributed by atoms with Crippen molar-refractivity contribution in [3.05, 3.63) is 52.5 Å². The molecule has 2 heterocycles. The third-order valence-corrected chi connectivity index (χ3v) is 6.43. The Morgan fingerprint density at radius 3 is 2.45 bits per heavy atom. The molecule has 2 saturated carbocycles. The van der Waals surface area contributed by atoms with Crippen molar-refractivity contribution in [3.63, 3.8) is 0 Å². The van der Waals surface area contributed by atoms with E-state index in [9.17, 15) is 4.79 Å². The first kappa shape index (κ1) is 18.6. The fourth-order valence-corrected chi connectivity index (χ4v) is 4.35. The number of hydrogen-bond donors (Lipinski definition) is 0. The summed E-state index contributed by atoms with van der Waals surface area (Å²) in [4.78, 5) is 26.8. The number of carbonyl (C=O) groups excluding carboxylic acids is 1. The predicted molar refractivity (Wildman–Crippen MR) is 114 cm³/mol. The molecule has 1 aromatic carbocycles. The summed E-state index contributed by atoms with van der Waals surface area (Å²) in [6.07, 6.45) is 5.43. The van der Waals surface area contributed by atoms with Crippen molar-refractivity contribution in [2.45, 2.75) is 51.9 Å². The van der Waals surface area contributed by atoms with Crippen LogP contribution in [0.3, 0.4) is 0 Å². The number of hydrogen-bond acceptors (Lipinski definition) is 4. The van der Waals surface area contributed by atoms with E-state index in [2.05, 4.69) is 47.9 Å². The zero-order valence-corrected chi connectivity index (χ0v) is 17.5. The standard InChI is InChI=1S/C24H30N4O/c1-16-4-3-5-18(14-16)15-21-17(2)25-22(19-6-7-19)26-23(21)27-10-12-28(13-11-27)24(29)20-8-9-20/h3-5,14,19-20H,6-13,15H2,1-2H3. The van der Waals surface area contributed by atoms with Gasteiger partial charge in [-0.2, -0.15) is 0 Å². The molecule has 5 heteroatoms. The van der Waals surface area contributed by atoms with E-state index >= 15 is 0 Å². The molecule has 0 radical (unpaired) electrons. The maximum Gasteiger partial charge on any atom is 0.225 e. The third-order valence-electron chi connectivity index (χ3n) is 6.43. The van der Waals surface area contributed by atoms with Crippen LogP contribution < -0.4 is 4.90 Å². The summed E-state index contributed by atoms with van der Waals surface area (Å²) in [5, 5.41) is 0. The summed E-state index contributed by atoms with van der Waals surface area (Å²) >= 11 is 0. The number of amides is 1. The summed E-state index contributed by atoms with van der Waals surface area (Å²) in [5.41, 5.74) is 4.93. The average molecular weight is 391 g/mol. The number of benzene rings is 1. The van der Waals surface area contributed by atoms with Gasteiger partial charge in [0, 0.05) is 55.7 Å². The van der Waals surface area contributed by atoms with Gasteiger partial charge in [-0.15, -0.1) is 0 Å². The lowest BCUT2D eigenvalue weighted by Gasteiger charge is -2.36. The van der Waals surface area contributed by atoms with Gasteiger partial charge in [0.05, 0.1) is 0 Å². The molecule has 0 unspecified atom stereocenters. The number of nitrogens with zero attached hydrogens (tertiary/aromatic N) is 4. The monoisotopic (exact) mass is 390 g/mol.